The second-order valence-electron chi connectivity index (χ2n) is 8.10. The maximum Gasteiger partial charge on any atom is 0.326 e. The fourth-order valence-electron chi connectivity index (χ4n) is 4.74. The standard InChI is InChI=1S/C21H30N4O2/c1-22-11-8-15-9-12-24(13-10-15)20(26)16-6-7-19-18(14-16)23-21(27)25(19)17-4-2-3-5-17/h6-7,14-15,17,22H,2-5,8-13H2,1H3,(H,23,27). The zero-order chi connectivity index (χ0) is 18.8. The number of nitrogens with zero attached hydrogens (tertiary/aromatic N) is 2. The predicted octanol–water partition coefficient (Wildman–Crippen LogP) is 2.91. The van der Waals surface area contributed by atoms with Crippen molar-refractivity contribution in [2.24, 2.45) is 5.92 Å². The van der Waals surface area contributed by atoms with E-state index in [9.17, 15) is 9.59 Å². The molecule has 1 saturated heterocycles. The average molecular weight is 370 g/mol. The van der Waals surface area contributed by atoms with Crippen LogP contribution in [0.1, 0.15) is 61.3 Å². The second-order valence-corrected chi connectivity index (χ2v) is 8.10. The van der Waals surface area contributed by atoms with Gasteiger partial charge in [0.1, 0.15) is 0 Å². The van der Waals surface area contributed by atoms with E-state index in [1.54, 1.807) is 0 Å². The van der Waals surface area contributed by atoms with Gasteiger partial charge in [0.15, 0.2) is 0 Å². The highest BCUT2D eigenvalue weighted by atomic mass is 16.2. The van der Waals surface area contributed by atoms with Gasteiger partial charge in [0.05, 0.1) is 11.0 Å². The monoisotopic (exact) mass is 370 g/mol. The molecule has 1 aromatic heterocycles. The molecule has 1 saturated carbocycles. The molecule has 6 heteroatoms. The molecule has 6 nitrogen and oxygen atoms in total. The molecule has 4 rings (SSSR count). The summed E-state index contributed by atoms with van der Waals surface area (Å²) in [5, 5.41) is 3.21. The zero-order valence-electron chi connectivity index (χ0n) is 16.2. The predicted molar refractivity (Wildman–Crippen MR) is 107 cm³/mol. The van der Waals surface area contributed by atoms with Crippen molar-refractivity contribution in [2.45, 2.75) is 51.0 Å². The highest BCUT2D eigenvalue weighted by Gasteiger charge is 2.25. The van der Waals surface area contributed by atoms with Gasteiger partial charge >= 0.3 is 5.69 Å². The number of aromatic nitrogens is 2. The molecular formula is C21H30N4O2. The number of aromatic amines is 1. The first-order chi connectivity index (χ1) is 13.2. The lowest BCUT2D eigenvalue weighted by Crippen LogP contribution is -2.38. The molecular weight excluding hydrogens is 340 g/mol. The van der Waals surface area contributed by atoms with Crippen molar-refractivity contribution in [3.8, 4) is 0 Å². The molecule has 146 valence electrons. The Morgan fingerprint density at radius 2 is 1.93 bits per heavy atom. The number of carbonyl (C=O) groups is 1. The van der Waals surface area contributed by atoms with Gasteiger partial charge in [-0.25, -0.2) is 4.79 Å². The van der Waals surface area contributed by atoms with Crippen molar-refractivity contribution in [3.63, 3.8) is 0 Å². The summed E-state index contributed by atoms with van der Waals surface area (Å²) in [5.41, 5.74) is 2.33. The summed E-state index contributed by atoms with van der Waals surface area (Å²) in [4.78, 5) is 30.3. The molecule has 2 fully saturated rings. The lowest BCUT2D eigenvalue weighted by atomic mass is 9.93. The van der Waals surface area contributed by atoms with E-state index in [1.807, 2.05) is 34.7 Å². The van der Waals surface area contributed by atoms with Crippen LogP contribution in [-0.4, -0.2) is 47.0 Å². The maximum absolute atomic E-state index is 12.9. The minimum Gasteiger partial charge on any atom is -0.339 e. The average Bonchev–Trinajstić information content (AvgIpc) is 3.32. The second kappa shape index (κ2) is 7.89. The number of imidazole rings is 1. The van der Waals surface area contributed by atoms with Gasteiger partial charge in [-0.05, 0) is 69.8 Å². The van der Waals surface area contributed by atoms with E-state index in [2.05, 4.69) is 10.3 Å². The topological polar surface area (TPSA) is 70.1 Å². The van der Waals surface area contributed by atoms with Gasteiger partial charge in [0.25, 0.3) is 5.91 Å². The van der Waals surface area contributed by atoms with Gasteiger partial charge in [-0.2, -0.15) is 0 Å². The van der Waals surface area contributed by atoms with E-state index in [0.717, 1.165) is 56.4 Å². The van der Waals surface area contributed by atoms with Crippen LogP contribution in [0.5, 0.6) is 0 Å². The highest BCUT2D eigenvalue weighted by Crippen LogP contribution is 2.31. The molecule has 1 aromatic carbocycles. The first-order valence-electron chi connectivity index (χ1n) is 10.4. The van der Waals surface area contributed by atoms with E-state index >= 15 is 0 Å². The minimum absolute atomic E-state index is 0.0492. The number of hydrogen-bond donors (Lipinski definition) is 2. The third-order valence-electron chi connectivity index (χ3n) is 6.36. The van der Waals surface area contributed by atoms with Crippen LogP contribution in [0.15, 0.2) is 23.0 Å². The molecule has 2 aromatic rings. The first kappa shape index (κ1) is 18.3. The van der Waals surface area contributed by atoms with E-state index in [1.165, 1.54) is 19.3 Å². The number of piperidine rings is 1. The molecule has 0 bridgehead atoms. The summed E-state index contributed by atoms with van der Waals surface area (Å²) < 4.78 is 1.89. The largest absolute Gasteiger partial charge is 0.339 e. The van der Waals surface area contributed by atoms with Gasteiger partial charge in [0.2, 0.25) is 0 Å². The Kier molecular flexibility index (Phi) is 5.34. The molecule has 1 aliphatic carbocycles. The first-order valence-corrected chi connectivity index (χ1v) is 10.4. The fraction of sp³-hybridized carbons (Fsp3) is 0.619. The number of nitrogens with one attached hydrogen (secondary N) is 2. The number of hydrogen-bond acceptors (Lipinski definition) is 3. The Morgan fingerprint density at radius 3 is 2.63 bits per heavy atom. The van der Waals surface area contributed by atoms with Crippen LogP contribution in [0, 0.1) is 5.92 Å². The quantitative estimate of drug-likeness (QED) is 0.850. The van der Waals surface area contributed by atoms with Crippen LogP contribution in [-0.2, 0) is 0 Å². The van der Waals surface area contributed by atoms with Crippen molar-refractivity contribution >= 4 is 16.9 Å². The summed E-state index contributed by atoms with van der Waals surface area (Å²) in [7, 11) is 1.99. The van der Waals surface area contributed by atoms with Crippen LogP contribution in [0.25, 0.3) is 11.0 Å². The van der Waals surface area contributed by atoms with Crippen molar-refractivity contribution < 1.29 is 4.79 Å². The third kappa shape index (κ3) is 3.68. The Balaban J connectivity index is 1.49. The molecule has 2 heterocycles. The minimum atomic E-state index is -0.0492. The van der Waals surface area contributed by atoms with E-state index < -0.39 is 0 Å². The van der Waals surface area contributed by atoms with Crippen LogP contribution < -0.4 is 11.0 Å². The summed E-state index contributed by atoms with van der Waals surface area (Å²) in [5.74, 6) is 0.791. The van der Waals surface area contributed by atoms with E-state index in [-0.39, 0.29) is 11.6 Å². The van der Waals surface area contributed by atoms with Gasteiger partial charge in [0, 0.05) is 24.7 Å². The normalized spacial score (nSPS) is 19.2. The number of H-pyrrole nitrogens is 1. The maximum atomic E-state index is 12.9. The van der Waals surface area contributed by atoms with Crippen molar-refractivity contribution in [1.82, 2.24) is 19.8 Å². The Morgan fingerprint density at radius 1 is 1.19 bits per heavy atom. The SMILES string of the molecule is CNCCC1CCN(C(=O)c2ccc3c(c2)[nH]c(=O)n3C2CCCC2)CC1. The number of carbonyl (C=O) groups excluding carboxylic acids is 1. The summed E-state index contributed by atoms with van der Waals surface area (Å²) in [6.45, 7) is 2.69. The zero-order valence-corrected chi connectivity index (χ0v) is 16.2. The molecule has 2 N–H and O–H groups in total. The molecule has 0 unspecified atom stereocenters. The molecule has 0 radical (unpaired) electrons. The molecule has 27 heavy (non-hydrogen) atoms. The lowest BCUT2D eigenvalue weighted by Gasteiger charge is -2.32. The Bertz CT molecular complexity index is 855. The van der Waals surface area contributed by atoms with Crippen LogP contribution >= 0.6 is 0 Å². The molecule has 0 spiro atoms. The van der Waals surface area contributed by atoms with Gasteiger partial charge in [-0.3, -0.25) is 9.36 Å². The van der Waals surface area contributed by atoms with Crippen LogP contribution in [0.4, 0.5) is 0 Å². The lowest BCUT2D eigenvalue weighted by molar-refractivity contribution is 0.0687. The smallest absolute Gasteiger partial charge is 0.326 e. The van der Waals surface area contributed by atoms with E-state index in [0.29, 0.717) is 17.5 Å². The van der Waals surface area contributed by atoms with Crippen molar-refractivity contribution in [2.75, 3.05) is 26.7 Å². The molecule has 1 amide bonds. The van der Waals surface area contributed by atoms with Gasteiger partial charge in [-0.1, -0.05) is 12.8 Å². The van der Waals surface area contributed by atoms with Crippen LogP contribution in [0.2, 0.25) is 0 Å². The summed E-state index contributed by atoms with van der Waals surface area (Å²) >= 11 is 0. The highest BCUT2D eigenvalue weighted by molar-refractivity contribution is 5.97. The third-order valence-corrected chi connectivity index (χ3v) is 6.36. The number of rotatable bonds is 5. The molecule has 2 aliphatic rings. The van der Waals surface area contributed by atoms with Crippen LogP contribution in [0.3, 0.4) is 0 Å². The number of amides is 1. The number of fused-ring (bicyclic) bond motifs is 1. The summed E-state index contributed by atoms with van der Waals surface area (Å²) in [6, 6.07) is 5.98. The van der Waals surface area contributed by atoms with Gasteiger partial charge < -0.3 is 15.2 Å². The Hall–Kier alpha value is -2.08. The molecule has 1 aliphatic heterocycles. The number of likely N-dealkylation sites (tertiary alicyclic amines) is 1. The van der Waals surface area contributed by atoms with Crippen molar-refractivity contribution in [1.29, 1.82) is 0 Å². The number of benzene rings is 1. The van der Waals surface area contributed by atoms with E-state index in [4.69, 9.17) is 0 Å². The molecule has 0 atom stereocenters. The van der Waals surface area contributed by atoms with Gasteiger partial charge in [-0.15, -0.1) is 0 Å². The summed E-state index contributed by atoms with van der Waals surface area (Å²) in [6.07, 6.45) is 7.83. The fourth-order valence-corrected chi connectivity index (χ4v) is 4.74. The Labute approximate surface area is 159 Å². The van der Waals surface area contributed by atoms with Crippen molar-refractivity contribution in [3.05, 3.63) is 34.2 Å².